The molecule has 0 atom stereocenters. The molecule has 5 nitrogen and oxygen atoms in total. The van der Waals surface area contributed by atoms with E-state index in [1.807, 2.05) is 24.3 Å². The molecule has 146 valence electrons. The highest BCUT2D eigenvalue weighted by Gasteiger charge is 2.20. The molecule has 2 heterocycles. The molecule has 1 aromatic heterocycles. The van der Waals surface area contributed by atoms with Crippen LogP contribution in [0.15, 0.2) is 59.1 Å². The molecule has 0 radical (unpaired) electrons. The number of hydrogen-bond acceptors (Lipinski definition) is 6. The van der Waals surface area contributed by atoms with Crippen molar-refractivity contribution in [1.29, 1.82) is 0 Å². The van der Waals surface area contributed by atoms with Crippen molar-refractivity contribution in [2.75, 3.05) is 44.7 Å². The average Bonchev–Trinajstić information content (AvgIpc) is 3.19. The summed E-state index contributed by atoms with van der Waals surface area (Å²) in [4.78, 5) is 4.81. The number of piperazine rings is 1. The van der Waals surface area contributed by atoms with Gasteiger partial charge in [-0.25, -0.2) is 0 Å². The predicted molar refractivity (Wildman–Crippen MR) is 116 cm³/mol. The van der Waals surface area contributed by atoms with E-state index in [1.54, 1.807) is 18.4 Å². The van der Waals surface area contributed by atoms with E-state index in [-0.39, 0.29) is 0 Å². The zero-order valence-electron chi connectivity index (χ0n) is 16.0. The van der Waals surface area contributed by atoms with Crippen molar-refractivity contribution < 1.29 is 9.94 Å². The highest BCUT2D eigenvalue weighted by Crippen LogP contribution is 2.29. The van der Waals surface area contributed by atoms with Crippen LogP contribution in [0.3, 0.4) is 0 Å². The molecule has 6 heteroatoms. The van der Waals surface area contributed by atoms with Gasteiger partial charge in [0.15, 0.2) is 0 Å². The molecule has 0 unspecified atom stereocenters. The lowest BCUT2D eigenvalue weighted by Crippen LogP contribution is -2.47. The van der Waals surface area contributed by atoms with E-state index in [9.17, 15) is 5.21 Å². The van der Waals surface area contributed by atoms with E-state index in [1.165, 1.54) is 10.1 Å². The minimum atomic E-state index is 0.742. The number of methoxy groups -OCH3 is 1. The van der Waals surface area contributed by atoms with E-state index < -0.39 is 0 Å². The lowest BCUT2D eigenvalue weighted by Gasteiger charge is -2.36. The first-order chi connectivity index (χ1) is 13.8. The fourth-order valence-electron chi connectivity index (χ4n) is 3.81. The molecule has 0 aliphatic carbocycles. The van der Waals surface area contributed by atoms with Crippen molar-refractivity contribution in [3.63, 3.8) is 0 Å². The first-order valence-corrected chi connectivity index (χ1v) is 10.5. The van der Waals surface area contributed by atoms with Gasteiger partial charge in [-0.3, -0.25) is 4.90 Å². The fraction of sp³-hybridized carbons (Fsp3) is 0.318. The van der Waals surface area contributed by atoms with Crippen LogP contribution < -0.4 is 9.64 Å². The molecule has 4 rings (SSSR count). The Bertz CT molecular complexity index is 961. The number of para-hydroxylation sites is 2. The molecule has 0 amide bonds. The Morgan fingerprint density at radius 1 is 1.07 bits per heavy atom. The first kappa shape index (κ1) is 18.8. The summed E-state index contributed by atoms with van der Waals surface area (Å²) in [7, 11) is 1.72. The molecule has 1 N–H and O–H groups in total. The summed E-state index contributed by atoms with van der Waals surface area (Å²) in [6, 6.07) is 16.5. The van der Waals surface area contributed by atoms with Crippen molar-refractivity contribution in [2.45, 2.75) is 6.42 Å². The molecule has 2 aromatic carbocycles. The van der Waals surface area contributed by atoms with Crippen LogP contribution in [0, 0.1) is 0 Å². The van der Waals surface area contributed by atoms with E-state index >= 15 is 0 Å². The molecule has 1 aliphatic heterocycles. The number of fused-ring (bicyclic) bond motifs is 1. The molecule has 0 saturated carbocycles. The van der Waals surface area contributed by atoms with Crippen LogP contribution in [-0.4, -0.2) is 55.7 Å². The highest BCUT2D eigenvalue weighted by atomic mass is 32.1. The van der Waals surface area contributed by atoms with Crippen LogP contribution in [0.4, 0.5) is 5.69 Å². The molecular weight excluding hydrogens is 370 g/mol. The van der Waals surface area contributed by atoms with Crippen molar-refractivity contribution in [1.82, 2.24) is 4.90 Å². The van der Waals surface area contributed by atoms with Crippen LogP contribution in [-0.2, 0) is 0 Å². The van der Waals surface area contributed by atoms with Gasteiger partial charge in [0.05, 0.1) is 18.5 Å². The monoisotopic (exact) mass is 395 g/mol. The normalized spacial score (nSPS) is 15.9. The van der Waals surface area contributed by atoms with Gasteiger partial charge in [0.2, 0.25) is 0 Å². The number of rotatable bonds is 6. The lowest BCUT2D eigenvalue weighted by molar-refractivity contribution is 0.262. The van der Waals surface area contributed by atoms with Crippen LogP contribution in [0.1, 0.15) is 12.0 Å². The second-order valence-corrected chi connectivity index (χ2v) is 7.85. The third kappa shape index (κ3) is 3.84. The summed E-state index contributed by atoms with van der Waals surface area (Å²) < 4.78 is 6.72. The van der Waals surface area contributed by atoms with Crippen molar-refractivity contribution in [2.24, 2.45) is 5.16 Å². The number of benzene rings is 2. The largest absolute Gasteiger partial charge is 0.495 e. The minimum absolute atomic E-state index is 0.742. The van der Waals surface area contributed by atoms with Crippen molar-refractivity contribution in [3.8, 4) is 5.75 Å². The molecule has 1 aliphatic rings. The molecular formula is C22H25N3O2S. The molecule has 28 heavy (non-hydrogen) atoms. The zero-order chi connectivity index (χ0) is 19.3. The Balaban J connectivity index is 1.36. The smallest absolute Gasteiger partial charge is 0.142 e. The zero-order valence-corrected chi connectivity index (χ0v) is 16.9. The topological polar surface area (TPSA) is 48.3 Å². The number of hydrogen-bond donors (Lipinski definition) is 1. The Kier molecular flexibility index (Phi) is 5.78. The van der Waals surface area contributed by atoms with E-state index in [0.29, 0.717) is 0 Å². The second kappa shape index (κ2) is 8.63. The standard InChI is InChI=1S/C22H25N3O2S/c1-27-21-8-4-3-7-20(21)25-14-12-24(13-15-25)11-10-19(23-26)18-16-28-22-9-5-2-6-17(18)22/h2-9,16,26H,10-15H2,1H3/b23-19+. The second-order valence-electron chi connectivity index (χ2n) is 6.94. The fourth-order valence-corrected chi connectivity index (χ4v) is 4.78. The average molecular weight is 396 g/mol. The quantitative estimate of drug-likeness (QED) is 0.384. The predicted octanol–water partition coefficient (Wildman–Crippen LogP) is 4.30. The van der Waals surface area contributed by atoms with Crippen LogP contribution in [0.5, 0.6) is 5.75 Å². The summed E-state index contributed by atoms with van der Waals surface area (Å²) in [5.41, 5.74) is 2.98. The van der Waals surface area contributed by atoms with E-state index in [4.69, 9.17) is 4.74 Å². The van der Waals surface area contributed by atoms with Crippen molar-refractivity contribution >= 4 is 32.8 Å². The number of anilines is 1. The molecule has 3 aromatic rings. The van der Waals surface area contributed by atoms with Crippen LogP contribution in [0.2, 0.25) is 0 Å². The van der Waals surface area contributed by atoms with Crippen LogP contribution in [0.25, 0.3) is 10.1 Å². The van der Waals surface area contributed by atoms with Gasteiger partial charge in [-0.05, 0) is 18.2 Å². The maximum Gasteiger partial charge on any atom is 0.142 e. The van der Waals surface area contributed by atoms with E-state index in [0.717, 1.165) is 61.9 Å². The van der Waals surface area contributed by atoms with Gasteiger partial charge in [0.1, 0.15) is 5.75 Å². The number of nitrogens with zero attached hydrogens (tertiary/aromatic N) is 3. The molecule has 1 fully saturated rings. The van der Waals surface area contributed by atoms with Gasteiger partial charge in [0, 0.05) is 60.2 Å². The Morgan fingerprint density at radius 2 is 1.82 bits per heavy atom. The van der Waals surface area contributed by atoms with Crippen molar-refractivity contribution in [3.05, 3.63) is 59.5 Å². The Morgan fingerprint density at radius 3 is 2.61 bits per heavy atom. The number of thiophene rings is 1. The van der Waals surface area contributed by atoms with Gasteiger partial charge >= 0.3 is 0 Å². The lowest BCUT2D eigenvalue weighted by atomic mass is 10.1. The maximum atomic E-state index is 9.59. The van der Waals surface area contributed by atoms with Gasteiger partial charge in [0.25, 0.3) is 0 Å². The van der Waals surface area contributed by atoms with Crippen LogP contribution >= 0.6 is 11.3 Å². The summed E-state index contributed by atoms with van der Waals surface area (Å²) in [6.45, 7) is 4.80. The maximum absolute atomic E-state index is 9.59. The van der Waals surface area contributed by atoms with Gasteiger partial charge in [-0.2, -0.15) is 0 Å². The summed E-state index contributed by atoms with van der Waals surface area (Å²) in [5, 5.41) is 16.5. The van der Waals surface area contributed by atoms with Gasteiger partial charge < -0.3 is 14.8 Å². The number of oxime groups is 1. The SMILES string of the molecule is COc1ccccc1N1CCN(CC/C(=N\O)c2csc3ccccc23)CC1. The Labute approximate surface area is 169 Å². The number of ether oxygens (including phenoxy) is 1. The van der Waals surface area contributed by atoms with E-state index in [2.05, 4.69) is 44.6 Å². The molecule has 0 bridgehead atoms. The third-order valence-electron chi connectivity index (χ3n) is 5.38. The molecule has 0 spiro atoms. The minimum Gasteiger partial charge on any atom is -0.495 e. The summed E-state index contributed by atoms with van der Waals surface area (Å²) in [5.74, 6) is 0.926. The van der Waals surface area contributed by atoms with Gasteiger partial charge in [-0.1, -0.05) is 35.5 Å². The first-order valence-electron chi connectivity index (χ1n) is 9.58. The van der Waals surface area contributed by atoms with Gasteiger partial charge in [-0.15, -0.1) is 11.3 Å². The summed E-state index contributed by atoms with van der Waals surface area (Å²) in [6.07, 6.45) is 0.742. The summed E-state index contributed by atoms with van der Waals surface area (Å²) >= 11 is 1.70. The Hall–Kier alpha value is -2.57. The highest BCUT2D eigenvalue weighted by molar-refractivity contribution is 7.17. The molecule has 1 saturated heterocycles. The third-order valence-corrected chi connectivity index (χ3v) is 6.34.